The molecule has 12 atom stereocenters. The van der Waals surface area contributed by atoms with Crippen LogP contribution in [0.4, 0.5) is 0 Å². The van der Waals surface area contributed by atoms with Gasteiger partial charge in [0.25, 0.3) is 20.3 Å². The summed E-state index contributed by atoms with van der Waals surface area (Å²) in [5.41, 5.74) is -1.16. The minimum Gasteiger partial charge on any atom is -0.691 e. The highest BCUT2D eigenvalue weighted by Gasteiger charge is 2.67. The van der Waals surface area contributed by atoms with Gasteiger partial charge in [0.05, 0.1) is 26.4 Å². The summed E-state index contributed by atoms with van der Waals surface area (Å²) >= 11 is 0.594. The van der Waals surface area contributed by atoms with Crippen LogP contribution in [0.25, 0.3) is 0 Å². The van der Waals surface area contributed by atoms with Crippen molar-refractivity contribution in [2.75, 3.05) is 39.5 Å². The molecule has 1 amide bonds. The number of quaternary nitrogens is 1. The van der Waals surface area contributed by atoms with Gasteiger partial charge in [0.1, 0.15) is 24.9 Å². The Labute approximate surface area is 322 Å². The van der Waals surface area contributed by atoms with Crippen LogP contribution in [0.5, 0.6) is 0 Å². The smallest absolute Gasteiger partial charge is 0.295 e. The molecule has 0 spiro atoms. The van der Waals surface area contributed by atoms with Crippen LogP contribution in [0.15, 0.2) is 0 Å². The van der Waals surface area contributed by atoms with Gasteiger partial charge >= 0.3 is 0 Å². The molecule has 4 fully saturated rings. The van der Waals surface area contributed by atoms with Crippen LogP contribution in [0.1, 0.15) is 85.0 Å². The Morgan fingerprint density at radius 3 is 2.25 bits per heavy atom. The van der Waals surface area contributed by atoms with E-state index in [1.807, 2.05) is 27.9 Å². The van der Waals surface area contributed by atoms with Gasteiger partial charge in [-0.15, -0.1) is 40.5 Å². The second-order valence-corrected chi connectivity index (χ2v) is 17.6. The largest absolute Gasteiger partial charge is 0.691 e. The van der Waals surface area contributed by atoms with E-state index in [-0.39, 0.29) is 66.6 Å². The molecule has 4 rings (SSSR count). The van der Waals surface area contributed by atoms with Gasteiger partial charge in [0.2, 0.25) is 5.91 Å². The van der Waals surface area contributed by atoms with Gasteiger partial charge in [-0.3, -0.25) is 9.83 Å². The van der Waals surface area contributed by atoms with Crippen molar-refractivity contribution >= 4 is 17.9 Å². The van der Waals surface area contributed by atoms with Gasteiger partial charge in [0, 0.05) is 36.8 Å². The molecule has 0 saturated heterocycles. The number of fused-ring (bicyclic) bond motifs is 5. The number of hydrogen-bond donors (Lipinski definition) is 1. The summed E-state index contributed by atoms with van der Waals surface area (Å²) in [7, 11) is 3.70. The first-order chi connectivity index (χ1) is 25.8. The van der Waals surface area contributed by atoms with E-state index in [4.69, 9.17) is 19.4 Å². The molecule has 0 aliphatic heterocycles. The molecule has 0 bridgehead atoms. The number of likely N-dealkylation sites (N-methyl/N-ethyl adjacent to an activating group) is 1. The highest BCUT2D eigenvalue weighted by Crippen LogP contribution is 2.69. The summed E-state index contributed by atoms with van der Waals surface area (Å²) in [5.74, 6) is -1.22. The molecule has 22 nitrogen and oxygen atoms in total. The third-order valence-electron chi connectivity index (χ3n) is 13.5. The highest BCUT2D eigenvalue weighted by atomic mass is 32.2. The molecular weight excluding hydrogens is 756 g/mol. The molecule has 0 heterocycles. The fourth-order valence-electron chi connectivity index (χ4n) is 11.1. The van der Waals surface area contributed by atoms with E-state index < -0.39 is 55.6 Å². The lowest BCUT2D eigenvalue weighted by atomic mass is 9.43. The number of hydrogen-bond acceptors (Lipinski definition) is 17. The number of amides is 1. The summed E-state index contributed by atoms with van der Waals surface area (Å²) < 4.78 is 4.53. The van der Waals surface area contributed by atoms with Crippen molar-refractivity contribution in [2.45, 2.75) is 109 Å². The van der Waals surface area contributed by atoms with Crippen molar-refractivity contribution in [1.29, 1.82) is 0 Å². The molecule has 0 aromatic heterocycles. The minimum atomic E-state index is -0.907. The fourth-order valence-corrected chi connectivity index (χ4v) is 11.6. The van der Waals surface area contributed by atoms with E-state index in [0.29, 0.717) is 81.0 Å². The van der Waals surface area contributed by atoms with E-state index in [0.717, 1.165) is 0 Å². The van der Waals surface area contributed by atoms with Crippen LogP contribution in [-0.2, 0) is 33.5 Å². The average molecular weight is 811 g/mol. The molecule has 4 saturated carbocycles. The quantitative estimate of drug-likeness (QED) is 0.0411. The lowest BCUT2D eigenvalue weighted by Crippen LogP contribution is -2.63. The highest BCUT2D eigenvalue weighted by molar-refractivity contribution is 7.94. The lowest BCUT2D eigenvalue weighted by Gasteiger charge is -2.64. The zero-order valence-electron chi connectivity index (χ0n) is 31.8. The van der Waals surface area contributed by atoms with Gasteiger partial charge in [-0.25, -0.2) is 0 Å². The van der Waals surface area contributed by atoms with Crippen molar-refractivity contribution in [3.8, 4) is 0 Å². The molecule has 55 heavy (non-hydrogen) atoms. The van der Waals surface area contributed by atoms with Crippen molar-refractivity contribution < 1.29 is 63.6 Å². The molecule has 4 aliphatic rings. The molecule has 23 heteroatoms. The first-order valence-corrected chi connectivity index (χ1v) is 19.6. The summed E-state index contributed by atoms with van der Waals surface area (Å²) in [6, 6.07) is 0. The van der Waals surface area contributed by atoms with Crippen LogP contribution in [0.2, 0.25) is 0 Å². The summed E-state index contributed by atoms with van der Waals surface area (Å²) in [4.78, 5) is 79.4. The normalized spacial score (nSPS) is 33.8. The Morgan fingerprint density at radius 1 is 0.927 bits per heavy atom. The first kappa shape index (κ1) is 44.2. The Morgan fingerprint density at radius 2 is 1.62 bits per heavy atom. The van der Waals surface area contributed by atoms with Gasteiger partial charge in [-0.1, -0.05) is 20.8 Å². The topological polar surface area (TPSA) is 280 Å². The monoisotopic (exact) mass is 810 g/mol. The Bertz CT molecular complexity index is 1380. The van der Waals surface area contributed by atoms with E-state index in [1.54, 1.807) is 0 Å². The van der Waals surface area contributed by atoms with Gasteiger partial charge in [-0.05, 0) is 92.3 Å². The third kappa shape index (κ3) is 10.9. The number of nitrogens with one attached hydrogen (secondary N) is 1. The molecule has 1 unspecified atom stereocenters. The van der Waals surface area contributed by atoms with Crippen molar-refractivity contribution in [1.82, 2.24) is 5.32 Å². The maximum Gasteiger partial charge on any atom is 0.295 e. The molecule has 0 radical (unpaired) electrons. The predicted octanol–water partition coefficient (Wildman–Crippen LogP) is 3.04. The molecular formula is C32H54N6O16S. The zero-order chi connectivity index (χ0) is 40.7. The van der Waals surface area contributed by atoms with E-state index >= 15 is 0 Å². The summed E-state index contributed by atoms with van der Waals surface area (Å²) in [6.07, 6.45) is 1.42. The van der Waals surface area contributed by atoms with Crippen LogP contribution in [0, 0.1) is 86.8 Å². The van der Waals surface area contributed by atoms with Crippen LogP contribution >= 0.6 is 12.0 Å². The van der Waals surface area contributed by atoms with E-state index in [9.17, 15) is 50.5 Å². The summed E-state index contributed by atoms with van der Waals surface area (Å²) in [5, 5.41) is 58.8. The Hall–Kier alpha value is -3.54. The second-order valence-electron chi connectivity index (χ2n) is 16.9. The Kier molecular flexibility index (Phi) is 14.9. The maximum atomic E-state index is 13.0. The van der Waals surface area contributed by atoms with Gasteiger partial charge < -0.3 is 34.4 Å². The zero-order valence-corrected chi connectivity index (χ0v) is 32.7. The number of nitrogens with zero attached hydrogens (tertiary/aromatic N) is 5. The van der Waals surface area contributed by atoms with Crippen molar-refractivity contribution in [2.24, 2.45) is 46.3 Å². The standard InChI is InChI=1S/C32H54N6O16S/c1-20(7-10-29(39)33-13-6-14-38(4,5)18-23(50-35(42)43)19-55-54-53-48)24-8-9-25-30-26(17-28(32(24,25)3)52-37(46)47)31(2)12-11-22(49-34(40)41)15-21(31)16-27(30)51-36(44)45/h20-28,30H,6-19H2,1-5H3,(H-,33,39,48)/t20-,21+,22-,23?,24-,25+,26+,27-,28+,30+,31+,32-/m1/s1. The van der Waals surface area contributed by atoms with Crippen molar-refractivity contribution in [3.05, 3.63) is 40.5 Å². The molecule has 314 valence electrons. The number of carbonyl (C=O) groups excluding carboxylic acids is 1. The fraction of sp³-hybridized carbons (Fsp3) is 0.969. The van der Waals surface area contributed by atoms with Crippen LogP contribution < -0.4 is 10.6 Å². The lowest BCUT2D eigenvalue weighted by molar-refractivity contribution is -0.902. The number of carbonyl (C=O) groups is 1. The second kappa shape index (κ2) is 18.6. The van der Waals surface area contributed by atoms with Gasteiger partial charge in [-0.2, -0.15) is 4.33 Å². The average Bonchev–Trinajstić information content (AvgIpc) is 3.43. The molecule has 0 aromatic rings. The van der Waals surface area contributed by atoms with Crippen LogP contribution in [-0.4, -0.2) is 94.6 Å². The molecule has 0 aromatic carbocycles. The third-order valence-corrected chi connectivity index (χ3v) is 14.1. The first-order valence-electron chi connectivity index (χ1n) is 18.7. The molecule has 1 N–H and O–H groups in total. The predicted molar refractivity (Wildman–Crippen MR) is 186 cm³/mol. The number of rotatable bonds is 22. The van der Waals surface area contributed by atoms with E-state index in [2.05, 4.69) is 21.6 Å². The van der Waals surface area contributed by atoms with E-state index in [1.165, 1.54) is 0 Å². The summed E-state index contributed by atoms with van der Waals surface area (Å²) in [6.45, 7) is 7.23. The van der Waals surface area contributed by atoms with Gasteiger partial charge in [0.15, 0.2) is 6.10 Å². The Balaban J connectivity index is 1.39. The van der Waals surface area contributed by atoms with Crippen LogP contribution in [0.3, 0.4) is 0 Å². The maximum absolute atomic E-state index is 13.0. The molecule has 4 aliphatic carbocycles. The SMILES string of the molecule is C[C@H](CCC(=O)NCCC[N+](C)(C)CC(CSOO[O-])O[N+](=O)[O-])[C@H]1CC[C@H]2[C@@H]3[C@H](O[N+](=O)[O-])C[C@@H]4C[C@H](O[N+](=O)[O-])CC[C@]4(C)[C@H]3C[C@H](O[N+](=O)[O-])[C@]12C. The van der Waals surface area contributed by atoms with Crippen molar-refractivity contribution in [3.63, 3.8) is 0 Å². The minimum absolute atomic E-state index is 0.0160.